The van der Waals surface area contributed by atoms with Gasteiger partial charge in [0.25, 0.3) is 0 Å². The Morgan fingerprint density at radius 2 is 1.93 bits per heavy atom. The summed E-state index contributed by atoms with van der Waals surface area (Å²) in [6, 6.07) is 6.92. The van der Waals surface area contributed by atoms with E-state index in [4.69, 9.17) is 27.3 Å². The highest BCUT2D eigenvalue weighted by Crippen LogP contribution is 2.42. The van der Waals surface area contributed by atoms with Gasteiger partial charge in [0, 0.05) is 55.3 Å². The van der Waals surface area contributed by atoms with Crippen LogP contribution in [0, 0.1) is 5.82 Å². The maximum absolute atomic E-state index is 16.7. The Morgan fingerprint density at radius 3 is 2.62 bits per heavy atom. The number of hydrogen-bond donors (Lipinski definition) is 3. The molecule has 0 aliphatic carbocycles. The van der Waals surface area contributed by atoms with Crippen molar-refractivity contribution >= 4 is 57.1 Å². The Morgan fingerprint density at radius 1 is 1.18 bits per heavy atom. The van der Waals surface area contributed by atoms with Crippen LogP contribution in [0.5, 0.6) is 0 Å². The third-order valence-electron chi connectivity index (χ3n) is 8.12. The van der Waals surface area contributed by atoms with Crippen LogP contribution in [0.4, 0.5) is 26.8 Å². The van der Waals surface area contributed by atoms with Crippen molar-refractivity contribution in [1.82, 2.24) is 30.0 Å². The molecule has 11 nitrogen and oxygen atoms in total. The maximum atomic E-state index is 16.7. The number of rotatable bonds is 4. The normalized spacial score (nSPS) is 20.1. The summed E-state index contributed by atoms with van der Waals surface area (Å²) in [6.07, 6.45) is -0.964. The number of amides is 1. The minimum atomic E-state index is -0.964. The van der Waals surface area contributed by atoms with Crippen molar-refractivity contribution in [1.29, 1.82) is 0 Å². The number of carboxylic acid groups (broad SMARTS) is 1. The number of H-pyrrole nitrogens is 1. The Bertz CT molecular complexity index is 1640. The number of anilines is 3. The summed E-state index contributed by atoms with van der Waals surface area (Å²) < 4.78 is 16.7. The highest BCUT2D eigenvalue weighted by Gasteiger charge is 2.36. The second kappa shape index (κ2) is 9.63. The molecule has 0 spiro atoms. The number of aromatic nitrogens is 4. The Kier molecular flexibility index (Phi) is 6.34. The summed E-state index contributed by atoms with van der Waals surface area (Å²) in [5.74, 6) is 0.634. The summed E-state index contributed by atoms with van der Waals surface area (Å²) in [5.41, 5.74) is 7.66. The van der Waals surface area contributed by atoms with Crippen LogP contribution in [0.3, 0.4) is 0 Å². The molecule has 4 heterocycles. The number of nitrogens with one attached hydrogen (secondary N) is 1. The van der Waals surface area contributed by atoms with Gasteiger partial charge >= 0.3 is 6.09 Å². The number of likely N-dealkylation sites (N-methyl/N-ethyl adjacent to an activating group) is 1. The quantitative estimate of drug-likeness (QED) is 0.336. The van der Waals surface area contributed by atoms with E-state index < -0.39 is 11.9 Å². The fourth-order valence-corrected chi connectivity index (χ4v) is 6.01. The monoisotopic (exact) mass is 567 g/mol. The van der Waals surface area contributed by atoms with E-state index in [0.29, 0.717) is 65.8 Å². The van der Waals surface area contributed by atoms with Crippen molar-refractivity contribution in [2.75, 3.05) is 55.8 Å². The van der Waals surface area contributed by atoms with Crippen LogP contribution in [0.25, 0.3) is 32.9 Å². The van der Waals surface area contributed by atoms with Gasteiger partial charge in [-0.1, -0.05) is 23.7 Å². The lowest BCUT2D eigenvalue weighted by molar-refractivity contribution is 0.114. The summed E-state index contributed by atoms with van der Waals surface area (Å²) >= 11 is 6.81. The minimum absolute atomic E-state index is 0.146. The number of nitrogen functional groups attached to an aromatic ring is 1. The Balaban J connectivity index is 1.54. The van der Waals surface area contributed by atoms with Crippen LogP contribution in [-0.2, 0) is 0 Å². The van der Waals surface area contributed by atoms with Gasteiger partial charge in [-0.05, 0) is 45.6 Å². The lowest BCUT2D eigenvalue weighted by atomic mass is 9.98. The number of nitrogens with two attached hydrogens (primary N) is 1. The van der Waals surface area contributed by atoms with Gasteiger partial charge in [-0.3, -0.25) is 5.10 Å². The third kappa shape index (κ3) is 4.13. The number of nitrogens with zero attached hydrogens (tertiary/aromatic N) is 7. The average Bonchev–Trinajstić information content (AvgIpc) is 3.25. The van der Waals surface area contributed by atoms with Crippen molar-refractivity contribution < 1.29 is 14.3 Å². The van der Waals surface area contributed by atoms with Gasteiger partial charge in [0.15, 0.2) is 11.6 Å². The molecule has 2 aromatic heterocycles. The maximum Gasteiger partial charge on any atom is 0.407 e. The molecule has 2 atom stereocenters. The number of piperazine rings is 1. The molecular formula is C27H31ClFN9O2. The molecule has 2 aliphatic heterocycles. The van der Waals surface area contributed by atoms with E-state index in [2.05, 4.69) is 15.1 Å². The molecule has 0 unspecified atom stereocenters. The first-order valence-electron chi connectivity index (χ1n) is 13.1. The number of halogens is 2. The van der Waals surface area contributed by atoms with E-state index in [0.717, 1.165) is 0 Å². The largest absolute Gasteiger partial charge is 0.465 e. The molecule has 1 amide bonds. The van der Waals surface area contributed by atoms with Crippen molar-refractivity contribution in [3.8, 4) is 11.1 Å². The minimum Gasteiger partial charge on any atom is -0.465 e. The van der Waals surface area contributed by atoms with Crippen LogP contribution in [0.2, 0.25) is 5.02 Å². The van der Waals surface area contributed by atoms with Crippen molar-refractivity contribution in [3.05, 3.63) is 35.1 Å². The van der Waals surface area contributed by atoms with E-state index in [1.165, 1.54) is 4.90 Å². The molecule has 4 N–H and O–H groups in total. The zero-order chi connectivity index (χ0) is 28.5. The lowest BCUT2D eigenvalue weighted by Gasteiger charge is -2.45. The fraction of sp³-hybridized carbons (Fsp3) is 0.407. The molecule has 2 aromatic carbocycles. The van der Waals surface area contributed by atoms with E-state index in [1.807, 2.05) is 43.8 Å². The van der Waals surface area contributed by atoms with E-state index in [9.17, 15) is 9.90 Å². The predicted molar refractivity (Wildman–Crippen MR) is 155 cm³/mol. The summed E-state index contributed by atoms with van der Waals surface area (Å²) in [7, 11) is 4.05. The van der Waals surface area contributed by atoms with Crippen molar-refractivity contribution in [3.63, 3.8) is 0 Å². The molecule has 6 rings (SSSR count). The number of fused-ring (bicyclic) bond motifs is 2. The number of benzene rings is 2. The van der Waals surface area contributed by atoms with E-state index >= 15 is 4.39 Å². The number of hydrogen-bond acceptors (Lipinski definition) is 8. The van der Waals surface area contributed by atoms with Gasteiger partial charge in [-0.15, -0.1) is 0 Å². The molecule has 2 aliphatic rings. The molecule has 0 saturated carbocycles. The van der Waals surface area contributed by atoms with Crippen LogP contribution in [-0.4, -0.2) is 99.6 Å². The van der Waals surface area contributed by atoms with Gasteiger partial charge in [0.2, 0.25) is 5.95 Å². The predicted octanol–water partition coefficient (Wildman–Crippen LogP) is 3.88. The Hall–Kier alpha value is -3.90. The van der Waals surface area contributed by atoms with Gasteiger partial charge in [0.05, 0.1) is 15.9 Å². The second-order valence-corrected chi connectivity index (χ2v) is 11.3. The molecule has 210 valence electrons. The molecular weight excluding hydrogens is 537 g/mol. The van der Waals surface area contributed by atoms with Crippen LogP contribution < -0.4 is 15.5 Å². The first kappa shape index (κ1) is 26.3. The fourth-order valence-electron chi connectivity index (χ4n) is 5.72. The molecule has 2 fully saturated rings. The van der Waals surface area contributed by atoms with Gasteiger partial charge in [-0.25, -0.2) is 14.2 Å². The van der Waals surface area contributed by atoms with Crippen LogP contribution in [0.1, 0.15) is 13.8 Å². The van der Waals surface area contributed by atoms with E-state index in [-0.39, 0.29) is 34.0 Å². The molecule has 2 saturated heterocycles. The van der Waals surface area contributed by atoms with Crippen molar-refractivity contribution in [2.24, 2.45) is 0 Å². The first-order chi connectivity index (χ1) is 19.0. The molecule has 0 radical (unpaired) electrons. The lowest BCUT2D eigenvalue weighted by Crippen LogP contribution is -2.59. The zero-order valence-electron chi connectivity index (χ0n) is 22.7. The Labute approximate surface area is 235 Å². The van der Waals surface area contributed by atoms with Gasteiger partial charge in [-0.2, -0.15) is 10.1 Å². The number of carbonyl (C=O) groups is 1. The smallest absolute Gasteiger partial charge is 0.407 e. The van der Waals surface area contributed by atoms with Gasteiger partial charge < -0.3 is 30.4 Å². The van der Waals surface area contributed by atoms with Crippen LogP contribution in [0.15, 0.2) is 24.3 Å². The SMILES string of the molecule is C[C@@H]1CN(c2nc(N3CC(N(C)C)C3)nc3c(F)c(-c4cccc5[nH]nc(N)c45)c(Cl)cc23)[C@@H](C)CN1C(=O)O. The van der Waals surface area contributed by atoms with Crippen LogP contribution >= 0.6 is 11.6 Å². The topological polar surface area (TPSA) is 131 Å². The molecule has 13 heteroatoms. The van der Waals surface area contributed by atoms with Crippen molar-refractivity contribution in [2.45, 2.75) is 32.0 Å². The second-order valence-electron chi connectivity index (χ2n) is 10.9. The first-order valence-corrected chi connectivity index (χ1v) is 13.5. The van der Waals surface area contributed by atoms with E-state index in [1.54, 1.807) is 18.2 Å². The highest BCUT2D eigenvalue weighted by molar-refractivity contribution is 6.35. The molecule has 40 heavy (non-hydrogen) atoms. The van der Waals surface area contributed by atoms with Gasteiger partial charge in [0.1, 0.15) is 11.3 Å². The molecule has 4 aromatic rings. The standard InChI is InChI=1S/C27H31ClFN9O2/c1-13-10-38(27(39)40)14(2)9-37(13)25-17-8-18(28)20(16-6-5-7-19-21(16)24(30)34-33-19)22(29)23(17)31-26(32-25)36-11-15(12-36)35(3)4/h5-8,13-15H,9-12H2,1-4H3,(H,39,40)(H3,30,33,34)/t13-,14+/m0/s1. The highest BCUT2D eigenvalue weighted by atomic mass is 35.5. The third-order valence-corrected chi connectivity index (χ3v) is 8.41. The zero-order valence-corrected chi connectivity index (χ0v) is 23.4. The number of aromatic amines is 1. The molecule has 0 bridgehead atoms. The summed E-state index contributed by atoms with van der Waals surface area (Å²) in [5, 5.41) is 17.9. The summed E-state index contributed by atoms with van der Waals surface area (Å²) in [6.45, 7) is 5.91. The average molecular weight is 568 g/mol. The summed E-state index contributed by atoms with van der Waals surface area (Å²) in [4.78, 5) is 29.1.